The van der Waals surface area contributed by atoms with E-state index >= 15 is 0 Å². The Bertz CT molecular complexity index is 679. The van der Waals surface area contributed by atoms with Crippen LogP contribution in [0.15, 0.2) is 30.3 Å². The maximum absolute atomic E-state index is 12.3. The SMILES string of the molecule is COC(=O)COCC#CCN1C(=O)CCCC1CC[C@@H](O)Cc1ccccc1. The largest absolute Gasteiger partial charge is 0.467 e. The summed E-state index contributed by atoms with van der Waals surface area (Å²) in [6, 6.07) is 10.0. The first-order valence-electron chi connectivity index (χ1n) is 9.72. The number of nitrogens with zero attached hydrogens (tertiary/aromatic N) is 1. The van der Waals surface area contributed by atoms with Gasteiger partial charge in [-0.25, -0.2) is 4.79 Å². The summed E-state index contributed by atoms with van der Waals surface area (Å²) in [6.07, 6.45) is 3.98. The van der Waals surface area contributed by atoms with Gasteiger partial charge in [0.2, 0.25) is 5.91 Å². The van der Waals surface area contributed by atoms with E-state index in [1.54, 1.807) is 0 Å². The number of piperidine rings is 1. The van der Waals surface area contributed by atoms with E-state index in [4.69, 9.17) is 4.74 Å². The molecule has 1 fully saturated rings. The van der Waals surface area contributed by atoms with Gasteiger partial charge in [0, 0.05) is 12.5 Å². The van der Waals surface area contributed by atoms with E-state index in [0.29, 0.717) is 25.8 Å². The fourth-order valence-corrected chi connectivity index (χ4v) is 3.32. The molecule has 152 valence electrons. The van der Waals surface area contributed by atoms with Crippen LogP contribution in [0.3, 0.4) is 0 Å². The van der Waals surface area contributed by atoms with E-state index in [1.165, 1.54) is 7.11 Å². The molecule has 6 nitrogen and oxygen atoms in total. The van der Waals surface area contributed by atoms with Gasteiger partial charge < -0.3 is 19.5 Å². The molecule has 28 heavy (non-hydrogen) atoms. The quantitative estimate of drug-likeness (QED) is 0.398. The number of ether oxygens (including phenoxy) is 2. The van der Waals surface area contributed by atoms with Crippen LogP contribution < -0.4 is 0 Å². The number of hydrogen-bond donors (Lipinski definition) is 1. The smallest absolute Gasteiger partial charge is 0.331 e. The first-order chi connectivity index (χ1) is 13.6. The molecule has 1 aliphatic rings. The van der Waals surface area contributed by atoms with E-state index in [0.717, 1.165) is 24.8 Å². The first-order valence-corrected chi connectivity index (χ1v) is 9.72. The summed E-state index contributed by atoms with van der Waals surface area (Å²) in [5.74, 6) is 5.45. The Balaban J connectivity index is 1.78. The predicted molar refractivity (Wildman–Crippen MR) is 105 cm³/mol. The van der Waals surface area contributed by atoms with Crippen LogP contribution in [0.2, 0.25) is 0 Å². The number of carbonyl (C=O) groups excluding carboxylic acids is 2. The molecular weight excluding hydrogens is 358 g/mol. The Morgan fingerprint density at radius 2 is 2.11 bits per heavy atom. The minimum Gasteiger partial charge on any atom is -0.467 e. The third kappa shape index (κ3) is 7.71. The van der Waals surface area contributed by atoms with Crippen molar-refractivity contribution in [1.82, 2.24) is 4.90 Å². The van der Waals surface area contributed by atoms with Crippen LogP contribution in [0.25, 0.3) is 0 Å². The van der Waals surface area contributed by atoms with E-state index in [9.17, 15) is 14.7 Å². The van der Waals surface area contributed by atoms with Crippen molar-refractivity contribution < 1.29 is 24.2 Å². The third-order valence-electron chi connectivity index (χ3n) is 4.83. The maximum atomic E-state index is 12.3. The van der Waals surface area contributed by atoms with Crippen molar-refractivity contribution in [3.63, 3.8) is 0 Å². The van der Waals surface area contributed by atoms with Gasteiger partial charge in [0.25, 0.3) is 0 Å². The molecule has 0 saturated carbocycles. The van der Waals surface area contributed by atoms with Gasteiger partial charge in [-0.05, 0) is 37.7 Å². The lowest BCUT2D eigenvalue weighted by Crippen LogP contribution is -2.44. The van der Waals surface area contributed by atoms with Crippen LogP contribution in [-0.2, 0) is 25.5 Å². The van der Waals surface area contributed by atoms with Gasteiger partial charge in [0.15, 0.2) is 0 Å². The number of aliphatic hydroxyl groups excluding tert-OH is 1. The number of esters is 1. The minimum absolute atomic E-state index is 0.108. The van der Waals surface area contributed by atoms with Crippen LogP contribution in [0.4, 0.5) is 0 Å². The van der Waals surface area contributed by atoms with Gasteiger partial charge in [-0.3, -0.25) is 4.79 Å². The molecule has 1 aromatic carbocycles. The lowest BCUT2D eigenvalue weighted by molar-refractivity contribution is -0.145. The zero-order valence-corrected chi connectivity index (χ0v) is 16.4. The van der Waals surface area contributed by atoms with Crippen LogP contribution in [0.1, 0.15) is 37.7 Å². The number of amides is 1. The number of benzene rings is 1. The number of likely N-dealkylation sites (tertiary alicyclic amines) is 1. The molecule has 1 heterocycles. The van der Waals surface area contributed by atoms with Crippen LogP contribution >= 0.6 is 0 Å². The van der Waals surface area contributed by atoms with Gasteiger partial charge in [-0.15, -0.1) is 0 Å². The monoisotopic (exact) mass is 387 g/mol. The fraction of sp³-hybridized carbons (Fsp3) is 0.545. The maximum Gasteiger partial charge on any atom is 0.331 e. The Labute approximate surface area is 166 Å². The molecule has 0 radical (unpaired) electrons. The van der Waals surface area contributed by atoms with Gasteiger partial charge in [0.1, 0.15) is 13.2 Å². The summed E-state index contributed by atoms with van der Waals surface area (Å²) < 4.78 is 9.56. The lowest BCUT2D eigenvalue weighted by Gasteiger charge is -2.35. The molecule has 6 heteroatoms. The summed E-state index contributed by atoms with van der Waals surface area (Å²) >= 11 is 0. The van der Waals surface area contributed by atoms with Gasteiger partial charge >= 0.3 is 5.97 Å². The molecule has 0 bridgehead atoms. The second-order valence-corrected chi connectivity index (χ2v) is 6.91. The Morgan fingerprint density at radius 3 is 2.86 bits per heavy atom. The Kier molecular flexibility index (Phi) is 9.53. The highest BCUT2D eigenvalue weighted by atomic mass is 16.6. The first kappa shape index (κ1) is 21.9. The molecule has 1 N–H and O–H groups in total. The normalized spacial score (nSPS) is 17.6. The Hall–Kier alpha value is -2.36. The summed E-state index contributed by atoms with van der Waals surface area (Å²) in [5, 5.41) is 10.3. The molecule has 1 aliphatic heterocycles. The van der Waals surface area contributed by atoms with E-state index in [2.05, 4.69) is 16.6 Å². The van der Waals surface area contributed by atoms with Crippen molar-refractivity contribution in [1.29, 1.82) is 0 Å². The molecule has 2 atom stereocenters. The van der Waals surface area contributed by atoms with Crippen molar-refractivity contribution in [2.45, 2.75) is 50.7 Å². The van der Waals surface area contributed by atoms with Crippen LogP contribution in [-0.4, -0.2) is 60.9 Å². The number of rotatable bonds is 9. The number of aliphatic hydroxyl groups is 1. The summed E-state index contributed by atoms with van der Waals surface area (Å²) in [5.41, 5.74) is 1.12. The second kappa shape index (κ2) is 12.2. The van der Waals surface area contributed by atoms with Crippen molar-refractivity contribution in [3.8, 4) is 11.8 Å². The number of hydrogen-bond acceptors (Lipinski definition) is 5. The summed E-state index contributed by atoms with van der Waals surface area (Å²) in [4.78, 5) is 25.1. The van der Waals surface area contributed by atoms with Crippen molar-refractivity contribution >= 4 is 11.9 Å². The molecule has 2 rings (SSSR count). The summed E-state index contributed by atoms with van der Waals surface area (Å²) in [7, 11) is 1.30. The van der Waals surface area contributed by atoms with Crippen LogP contribution in [0, 0.1) is 11.8 Å². The van der Waals surface area contributed by atoms with Crippen LogP contribution in [0.5, 0.6) is 0 Å². The van der Waals surface area contributed by atoms with E-state index < -0.39 is 12.1 Å². The molecule has 1 aromatic rings. The number of carbonyl (C=O) groups is 2. The van der Waals surface area contributed by atoms with Gasteiger partial charge in [-0.1, -0.05) is 42.2 Å². The van der Waals surface area contributed by atoms with E-state index in [1.807, 2.05) is 35.2 Å². The summed E-state index contributed by atoms with van der Waals surface area (Å²) in [6.45, 7) is 0.340. The highest BCUT2D eigenvalue weighted by molar-refractivity contribution is 5.77. The minimum atomic E-state index is -0.442. The van der Waals surface area contributed by atoms with Gasteiger partial charge in [0.05, 0.1) is 19.8 Å². The zero-order valence-electron chi connectivity index (χ0n) is 16.4. The van der Waals surface area contributed by atoms with Crippen molar-refractivity contribution in [2.75, 3.05) is 26.9 Å². The predicted octanol–water partition coefficient (Wildman–Crippen LogP) is 1.94. The van der Waals surface area contributed by atoms with E-state index in [-0.39, 0.29) is 25.2 Å². The average molecular weight is 387 g/mol. The standard InChI is InChI=1S/C22H29NO5/c1-27-22(26)17-28-15-6-5-14-23-19(10-7-11-21(23)25)12-13-20(24)16-18-8-3-2-4-9-18/h2-4,8-9,19-20,24H,7,10-17H2,1H3/t19?,20-/m1/s1. The highest BCUT2D eigenvalue weighted by Crippen LogP contribution is 2.22. The third-order valence-corrected chi connectivity index (χ3v) is 4.83. The molecular formula is C22H29NO5. The number of methoxy groups -OCH3 is 1. The molecule has 1 unspecified atom stereocenters. The molecule has 0 aromatic heterocycles. The topological polar surface area (TPSA) is 76.1 Å². The molecule has 0 aliphatic carbocycles. The highest BCUT2D eigenvalue weighted by Gasteiger charge is 2.27. The lowest BCUT2D eigenvalue weighted by atomic mass is 9.94. The Morgan fingerprint density at radius 1 is 1.32 bits per heavy atom. The zero-order chi connectivity index (χ0) is 20.2. The molecule has 1 saturated heterocycles. The van der Waals surface area contributed by atoms with Crippen molar-refractivity contribution in [2.24, 2.45) is 0 Å². The van der Waals surface area contributed by atoms with Gasteiger partial charge in [-0.2, -0.15) is 0 Å². The average Bonchev–Trinajstić information content (AvgIpc) is 2.70. The van der Waals surface area contributed by atoms with Crippen molar-refractivity contribution in [3.05, 3.63) is 35.9 Å². The molecule has 1 amide bonds. The molecule has 0 spiro atoms. The fourth-order valence-electron chi connectivity index (χ4n) is 3.32. The second-order valence-electron chi connectivity index (χ2n) is 6.91.